The van der Waals surface area contributed by atoms with Crippen LogP contribution >= 0.6 is 0 Å². The molecule has 7 heteroatoms. The summed E-state index contributed by atoms with van der Waals surface area (Å²) in [7, 11) is 0. The average molecular weight is 592 g/mol. The van der Waals surface area contributed by atoms with E-state index < -0.39 is 5.97 Å². The van der Waals surface area contributed by atoms with E-state index in [1.165, 1.54) is 25.7 Å². The van der Waals surface area contributed by atoms with Crippen LogP contribution in [0.25, 0.3) is 0 Å². The number of hydrogen-bond donors (Lipinski definition) is 2. The van der Waals surface area contributed by atoms with Crippen LogP contribution in [0.1, 0.15) is 101 Å². The summed E-state index contributed by atoms with van der Waals surface area (Å²) in [5.41, 5.74) is 3.77. The minimum Gasteiger partial charge on any atom is -0.457 e. The van der Waals surface area contributed by atoms with Gasteiger partial charge in [-0.15, -0.1) is 0 Å². The predicted octanol–water partition coefficient (Wildman–Crippen LogP) is 7.49. The number of hydrogen-bond acceptors (Lipinski definition) is 5. The molecule has 1 amide bonds. The van der Waals surface area contributed by atoms with Gasteiger partial charge in [0.2, 0.25) is 0 Å². The fourth-order valence-electron chi connectivity index (χ4n) is 9.34. The number of esters is 1. The van der Waals surface area contributed by atoms with Gasteiger partial charge in [-0.05, 0) is 111 Å². The van der Waals surface area contributed by atoms with E-state index in [1.54, 1.807) is 6.07 Å². The molecule has 2 aromatic carbocycles. The molecule has 3 atom stereocenters. The van der Waals surface area contributed by atoms with Gasteiger partial charge in [0.1, 0.15) is 12.4 Å². The normalized spacial score (nSPS) is 31.0. The molecule has 228 valence electrons. The van der Waals surface area contributed by atoms with Crippen LogP contribution < -0.4 is 5.32 Å². The maximum Gasteiger partial charge on any atom is 0.338 e. The highest BCUT2D eigenvalue weighted by Gasteiger charge is 2.52. The molecule has 6 aliphatic rings. The van der Waals surface area contributed by atoms with Crippen LogP contribution in [0.15, 0.2) is 60.7 Å². The Bertz CT molecular complexity index is 1570. The van der Waals surface area contributed by atoms with Crippen molar-refractivity contribution < 1.29 is 19.1 Å². The van der Waals surface area contributed by atoms with Crippen LogP contribution in [-0.2, 0) is 22.7 Å². The van der Waals surface area contributed by atoms with Crippen LogP contribution in [0.2, 0.25) is 0 Å². The zero-order chi connectivity index (χ0) is 29.8. The number of anilines is 1. The molecule has 5 fully saturated rings. The van der Waals surface area contributed by atoms with Crippen LogP contribution in [0.5, 0.6) is 0 Å². The van der Waals surface area contributed by atoms with E-state index >= 15 is 0 Å². The van der Waals surface area contributed by atoms with Crippen LogP contribution in [0.4, 0.5) is 5.69 Å². The smallest absolute Gasteiger partial charge is 0.338 e. The number of H-pyrrole nitrogens is 1. The summed E-state index contributed by atoms with van der Waals surface area (Å²) in [4.78, 5) is 35.3. The van der Waals surface area contributed by atoms with Gasteiger partial charge in [-0.3, -0.25) is 4.79 Å². The second-order valence-electron chi connectivity index (χ2n) is 14.3. The number of benzene rings is 2. The van der Waals surface area contributed by atoms with Crippen molar-refractivity contribution in [2.24, 2.45) is 29.6 Å². The van der Waals surface area contributed by atoms with Crippen molar-refractivity contribution in [1.29, 1.82) is 0 Å². The van der Waals surface area contributed by atoms with Gasteiger partial charge in [0, 0.05) is 11.6 Å². The molecule has 1 heterocycles. The van der Waals surface area contributed by atoms with Crippen molar-refractivity contribution in [2.75, 3.05) is 5.32 Å². The molecule has 1 aromatic heterocycles. The lowest BCUT2D eigenvalue weighted by molar-refractivity contribution is -0.169. The summed E-state index contributed by atoms with van der Waals surface area (Å²) in [5, 5.41) is 3.03. The van der Waals surface area contributed by atoms with Gasteiger partial charge in [-0.25, -0.2) is 9.78 Å². The zero-order valence-electron chi connectivity index (χ0n) is 25.4. The Morgan fingerprint density at radius 2 is 1.68 bits per heavy atom. The minimum absolute atomic E-state index is 0.0606. The van der Waals surface area contributed by atoms with E-state index in [4.69, 9.17) is 14.5 Å². The van der Waals surface area contributed by atoms with Gasteiger partial charge < -0.3 is 19.8 Å². The Balaban J connectivity index is 1.01. The third kappa shape index (κ3) is 5.29. The Labute approximate surface area is 258 Å². The van der Waals surface area contributed by atoms with Gasteiger partial charge >= 0.3 is 5.97 Å². The lowest BCUT2D eigenvalue weighted by Gasteiger charge is -2.56. The lowest BCUT2D eigenvalue weighted by Crippen LogP contribution is -2.51. The first-order valence-electron chi connectivity index (χ1n) is 16.4. The highest BCUT2D eigenvalue weighted by Crippen LogP contribution is 2.57. The fraction of sp³-hybridized carbons (Fsp3) is 0.486. The molecule has 5 saturated carbocycles. The Hall–Kier alpha value is -3.71. The number of allylic oxidation sites excluding steroid dienone is 2. The number of carbonyl (C=O) groups excluding carboxylic acids is 2. The quantitative estimate of drug-likeness (QED) is 0.199. The highest BCUT2D eigenvalue weighted by molar-refractivity contribution is 6.04. The topological polar surface area (TPSA) is 93.3 Å². The minimum atomic E-state index is -0.418. The average Bonchev–Trinajstić information content (AvgIpc) is 3.76. The number of nitrogens with one attached hydrogen (secondary N) is 2. The van der Waals surface area contributed by atoms with Gasteiger partial charge in [-0.1, -0.05) is 48.6 Å². The van der Waals surface area contributed by atoms with Crippen molar-refractivity contribution in [2.45, 2.75) is 83.0 Å². The Morgan fingerprint density at radius 1 is 0.932 bits per heavy atom. The third-order valence-corrected chi connectivity index (χ3v) is 11.1. The first-order valence-corrected chi connectivity index (χ1v) is 16.4. The number of nitrogens with zero attached hydrogens (tertiary/aromatic N) is 1. The number of rotatable bonds is 9. The second-order valence-corrected chi connectivity index (χ2v) is 14.3. The first-order chi connectivity index (χ1) is 21.4. The van der Waals surface area contributed by atoms with E-state index in [1.807, 2.05) is 49.4 Å². The molecular formula is C37H41N3O4. The van der Waals surface area contributed by atoms with E-state index in [0.29, 0.717) is 41.3 Å². The van der Waals surface area contributed by atoms with E-state index in [-0.39, 0.29) is 18.1 Å². The maximum absolute atomic E-state index is 13.8. The molecule has 6 aliphatic carbocycles. The fourth-order valence-corrected chi connectivity index (χ4v) is 9.34. The van der Waals surface area contributed by atoms with E-state index in [2.05, 4.69) is 22.5 Å². The SMILES string of the molecule is Cc1ccc(NC(=O)c2nc([C@@H]3CC4C=C[C@H]3C4)[nH]c2COC23CC4CC(CC(C4)C2)C3)cc1C(=O)OCc1ccccc1. The number of imidazole rings is 1. The van der Waals surface area contributed by atoms with Crippen molar-refractivity contribution in [3.63, 3.8) is 0 Å². The molecular weight excluding hydrogens is 550 g/mol. The molecule has 1 unspecified atom stereocenters. The summed E-state index contributed by atoms with van der Waals surface area (Å²) in [6, 6.07) is 15.0. The molecule has 3 aromatic rings. The van der Waals surface area contributed by atoms with Gasteiger partial charge in [0.15, 0.2) is 5.69 Å². The molecule has 2 N–H and O–H groups in total. The molecule has 7 nitrogen and oxygen atoms in total. The molecule has 0 saturated heterocycles. The third-order valence-electron chi connectivity index (χ3n) is 11.1. The van der Waals surface area contributed by atoms with E-state index in [9.17, 15) is 9.59 Å². The Morgan fingerprint density at radius 3 is 2.36 bits per heavy atom. The Kier molecular flexibility index (Phi) is 6.97. The van der Waals surface area contributed by atoms with Crippen molar-refractivity contribution in [1.82, 2.24) is 9.97 Å². The first kappa shape index (κ1) is 27.8. The molecule has 0 aliphatic heterocycles. The number of ether oxygens (including phenoxy) is 2. The molecule has 9 rings (SSSR count). The summed E-state index contributed by atoms with van der Waals surface area (Å²) in [6.07, 6.45) is 14.4. The largest absolute Gasteiger partial charge is 0.457 e. The molecule has 0 spiro atoms. The number of amides is 1. The number of fused-ring (bicyclic) bond motifs is 2. The molecule has 6 bridgehead atoms. The summed E-state index contributed by atoms with van der Waals surface area (Å²) in [5.74, 6) is 3.93. The standard InChI is InChI=1S/C37H41N3O4/c1-22-7-10-29(16-30(22)36(42)43-20-23-5-3-2-4-6-23)38-35(41)33-32(39-34(40-33)31-15-24-8-9-28(31)14-24)21-44-37-17-25-11-26(18-37)13-27(12-25)19-37/h2-10,16,24-28,31H,11-15,17-21H2,1H3,(H,38,41)(H,39,40)/t24?,25?,26?,27?,28-,31+,37?/m0/s1. The number of carbonyl (C=O) groups is 2. The second kappa shape index (κ2) is 11.0. The monoisotopic (exact) mass is 591 g/mol. The van der Waals surface area contributed by atoms with Gasteiger partial charge in [0.25, 0.3) is 5.91 Å². The number of aryl methyl sites for hydroxylation is 1. The van der Waals surface area contributed by atoms with Crippen molar-refractivity contribution in [3.05, 3.63) is 94.6 Å². The van der Waals surface area contributed by atoms with Crippen LogP contribution in [0.3, 0.4) is 0 Å². The predicted molar refractivity (Wildman–Crippen MR) is 167 cm³/mol. The van der Waals surface area contributed by atoms with Crippen molar-refractivity contribution >= 4 is 17.6 Å². The summed E-state index contributed by atoms with van der Waals surface area (Å²) in [6.45, 7) is 2.43. The number of aromatic amines is 1. The van der Waals surface area contributed by atoms with Gasteiger partial charge in [0.05, 0.1) is 23.5 Å². The van der Waals surface area contributed by atoms with Crippen LogP contribution in [-0.4, -0.2) is 27.4 Å². The molecule has 44 heavy (non-hydrogen) atoms. The summed E-state index contributed by atoms with van der Waals surface area (Å²) < 4.78 is 12.4. The number of aromatic nitrogens is 2. The van der Waals surface area contributed by atoms with Crippen molar-refractivity contribution in [3.8, 4) is 0 Å². The van der Waals surface area contributed by atoms with E-state index in [0.717, 1.165) is 66.1 Å². The maximum atomic E-state index is 13.8. The highest BCUT2D eigenvalue weighted by atomic mass is 16.5. The van der Waals surface area contributed by atoms with Gasteiger partial charge in [-0.2, -0.15) is 0 Å². The zero-order valence-corrected chi connectivity index (χ0v) is 25.4. The molecule has 0 radical (unpaired) electrons. The summed E-state index contributed by atoms with van der Waals surface area (Å²) >= 11 is 0. The lowest BCUT2D eigenvalue weighted by atomic mass is 9.54. The van der Waals surface area contributed by atoms with Crippen LogP contribution in [0, 0.1) is 36.5 Å².